The van der Waals surface area contributed by atoms with Crippen molar-refractivity contribution < 1.29 is 27.4 Å². The van der Waals surface area contributed by atoms with Gasteiger partial charge in [-0.25, -0.2) is 14.1 Å². The summed E-state index contributed by atoms with van der Waals surface area (Å²) in [5, 5.41) is 13.6. The molecule has 0 amide bonds. The van der Waals surface area contributed by atoms with Gasteiger partial charge in [0, 0.05) is 24.8 Å². The van der Waals surface area contributed by atoms with Gasteiger partial charge in [-0.3, -0.25) is 0 Å². The van der Waals surface area contributed by atoms with E-state index in [-0.39, 0.29) is 18.6 Å². The van der Waals surface area contributed by atoms with E-state index in [9.17, 15) is 22.7 Å². The van der Waals surface area contributed by atoms with Gasteiger partial charge in [0.15, 0.2) is 5.82 Å². The first-order valence-corrected chi connectivity index (χ1v) is 8.65. The van der Waals surface area contributed by atoms with Crippen molar-refractivity contribution in [2.24, 2.45) is 0 Å². The number of rotatable bonds is 6. The summed E-state index contributed by atoms with van der Waals surface area (Å²) in [6, 6.07) is 3.94. The van der Waals surface area contributed by atoms with Crippen LogP contribution >= 0.6 is 0 Å². The van der Waals surface area contributed by atoms with Gasteiger partial charge < -0.3 is 9.84 Å². The summed E-state index contributed by atoms with van der Waals surface area (Å²) in [7, 11) is 1.46. The van der Waals surface area contributed by atoms with E-state index >= 15 is 0 Å². The minimum Gasteiger partial charge on any atom is -0.481 e. The van der Waals surface area contributed by atoms with Crippen LogP contribution < -0.4 is 4.74 Å². The van der Waals surface area contributed by atoms with E-state index in [1.54, 1.807) is 19.2 Å². The molecule has 1 aromatic carbocycles. The van der Waals surface area contributed by atoms with E-state index in [2.05, 4.69) is 15.1 Å². The van der Waals surface area contributed by atoms with Gasteiger partial charge in [0.1, 0.15) is 11.6 Å². The Hall–Kier alpha value is -3.01. The van der Waals surface area contributed by atoms with Crippen molar-refractivity contribution >= 4 is 0 Å². The Morgan fingerprint density at radius 1 is 1.21 bits per heavy atom. The van der Waals surface area contributed by atoms with Crippen LogP contribution in [-0.2, 0) is 6.18 Å². The van der Waals surface area contributed by atoms with Gasteiger partial charge in [-0.15, -0.1) is 0 Å². The van der Waals surface area contributed by atoms with E-state index in [1.807, 2.05) is 0 Å². The van der Waals surface area contributed by atoms with Gasteiger partial charge in [0.05, 0.1) is 18.9 Å². The van der Waals surface area contributed by atoms with E-state index in [0.29, 0.717) is 29.2 Å². The first-order valence-electron chi connectivity index (χ1n) is 8.65. The first kappa shape index (κ1) is 20.7. The Kier molecular flexibility index (Phi) is 5.83. The average molecular weight is 410 g/mol. The van der Waals surface area contributed by atoms with Crippen LogP contribution in [0.4, 0.5) is 17.6 Å². The Labute approximate surface area is 163 Å². The van der Waals surface area contributed by atoms with E-state index in [0.717, 1.165) is 12.1 Å². The lowest BCUT2D eigenvalue weighted by Gasteiger charge is -2.17. The number of aliphatic hydroxyl groups excluding tert-OH is 1. The number of aliphatic hydroxyl groups is 1. The van der Waals surface area contributed by atoms with Gasteiger partial charge in [-0.2, -0.15) is 23.3 Å². The first-order chi connectivity index (χ1) is 13.7. The predicted molar refractivity (Wildman–Crippen MR) is 95.4 cm³/mol. The third kappa shape index (κ3) is 4.53. The third-order valence-electron chi connectivity index (χ3n) is 4.37. The number of nitrogens with zero attached hydrogens (tertiary/aromatic N) is 4. The summed E-state index contributed by atoms with van der Waals surface area (Å²) in [6.07, 6.45) is -1.49. The molecular formula is C19H18F4N4O2. The van der Waals surface area contributed by atoms with Crippen LogP contribution in [0, 0.1) is 12.7 Å². The fourth-order valence-electron chi connectivity index (χ4n) is 3.01. The second kappa shape index (κ2) is 8.16. The normalized spacial score (nSPS) is 12.8. The molecule has 3 aromatic rings. The second-order valence-electron chi connectivity index (χ2n) is 6.33. The molecule has 154 valence electrons. The Morgan fingerprint density at radius 3 is 2.59 bits per heavy atom. The van der Waals surface area contributed by atoms with Crippen molar-refractivity contribution in [3.63, 3.8) is 0 Å². The maximum Gasteiger partial charge on any atom is 0.416 e. The highest BCUT2D eigenvalue weighted by molar-refractivity contribution is 5.36. The summed E-state index contributed by atoms with van der Waals surface area (Å²) in [4.78, 5) is 8.35. The standard InChI is InChI=1S/C19H18F4N4O2/c1-11-25-17(8-18(26-11)29-2)27-10-12(9-24-27)14(5-6-28)15-4-3-13(7-16(15)20)19(21,22)23/h3-4,7-10,14,28H,5-6H2,1-2H3. The minimum absolute atomic E-state index is 0.0445. The molecular weight excluding hydrogens is 392 g/mol. The van der Waals surface area contributed by atoms with Crippen LogP contribution in [0.15, 0.2) is 36.7 Å². The molecule has 1 unspecified atom stereocenters. The summed E-state index contributed by atoms with van der Waals surface area (Å²) in [5.41, 5.74) is -0.503. The summed E-state index contributed by atoms with van der Waals surface area (Å²) < 4.78 is 59.5. The lowest BCUT2D eigenvalue weighted by atomic mass is 9.89. The predicted octanol–water partition coefficient (Wildman–Crippen LogP) is 3.65. The molecule has 0 saturated carbocycles. The number of hydrogen-bond donors (Lipinski definition) is 1. The lowest BCUT2D eigenvalue weighted by molar-refractivity contribution is -0.137. The van der Waals surface area contributed by atoms with Gasteiger partial charge in [-0.1, -0.05) is 6.07 Å². The molecule has 0 radical (unpaired) electrons. The molecule has 2 aromatic heterocycles. The Balaban J connectivity index is 1.98. The number of alkyl halides is 3. The van der Waals surface area contributed by atoms with E-state index < -0.39 is 23.5 Å². The van der Waals surface area contributed by atoms with E-state index in [4.69, 9.17) is 4.74 Å². The molecule has 1 atom stereocenters. The molecule has 0 fully saturated rings. The van der Waals surface area contributed by atoms with Gasteiger partial charge in [0.2, 0.25) is 5.88 Å². The van der Waals surface area contributed by atoms with Gasteiger partial charge in [0.25, 0.3) is 0 Å². The smallest absolute Gasteiger partial charge is 0.416 e. The highest BCUT2D eigenvalue weighted by atomic mass is 19.4. The van der Waals surface area contributed by atoms with E-state index in [1.165, 1.54) is 18.0 Å². The number of hydrogen-bond acceptors (Lipinski definition) is 5. The summed E-state index contributed by atoms with van der Waals surface area (Å²) >= 11 is 0. The molecule has 6 nitrogen and oxygen atoms in total. The average Bonchev–Trinajstić information content (AvgIpc) is 3.15. The van der Waals surface area contributed by atoms with Crippen molar-refractivity contribution in [1.82, 2.24) is 19.7 Å². The number of benzene rings is 1. The number of halogens is 4. The number of ether oxygens (including phenoxy) is 1. The molecule has 2 heterocycles. The lowest BCUT2D eigenvalue weighted by Crippen LogP contribution is -2.10. The van der Waals surface area contributed by atoms with Gasteiger partial charge >= 0.3 is 6.18 Å². The van der Waals surface area contributed by atoms with Crippen LogP contribution in [0.5, 0.6) is 5.88 Å². The fraction of sp³-hybridized carbons (Fsp3) is 0.316. The topological polar surface area (TPSA) is 73.1 Å². The number of methoxy groups -OCH3 is 1. The molecule has 0 aliphatic carbocycles. The van der Waals surface area contributed by atoms with Crippen LogP contribution in [0.3, 0.4) is 0 Å². The highest BCUT2D eigenvalue weighted by Crippen LogP contribution is 2.35. The van der Waals surface area contributed by atoms with Crippen LogP contribution in [0.1, 0.15) is 34.9 Å². The zero-order chi connectivity index (χ0) is 21.2. The highest BCUT2D eigenvalue weighted by Gasteiger charge is 2.32. The summed E-state index contributed by atoms with van der Waals surface area (Å²) in [5.74, 6) is -0.468. The minimum atomic E-state index is -4.64. The zero-order valence-corrected chi connectivity index (χ0v) is 15.6. The van der Waals surface area contributed by atoms with Crippen LogP contribution in [0.2, 0.25) is 0 Å². The second-order valence-corrected chi connectivity index (χ2v) is 6.33. The molecule has 0 aliphatic heterocycles. The van der Waals surface area contributed by atoms with Crippen LogP contribution in [0.25, 0.3) is 5.82 Å². The summed E-state index contributed by atoms with van der Waals surface area (Å²) in [6.45, 7) is 1.40. The maximum absolute atomic E-state index is 14.5. The SMILES string of the molecule is COc1cc(-n2cc(C(CCO)c3ccc(C(F)(F)F)cc3F)cn2)nc(C)n1. The molecule has 1 N–H and O–H groups in total. The largest absolute Gasteiger partial charge is 0.481 e. The Morgan fingerprint density at radius 2 is 1.97 bits per heavy atom. The maximum atomic E-state index is 14.5. The monoisotopic (exact) mass is 410 g/mol. The fourth-order valence-corrected chi connectivity index (χ4v) is 3.01. The number of aromatic nitrogens is 4. The third-order valence-corrected chi connectivity index (χ3v) is 4.37. The molecule has 0 bridgehead atoms. The van der Waals surface area contributed by atoms with Crippen molar-refractivity contribution in [2.45, 2.75) is 25.4 Å². The van der Waals surface area contributed by atoms with Gasteiger partial charge in [-0.05, 0) is 36.6 Å². The Bertz CT molecular complexity index is 1000. The molecule has 0 aliphatic rings. The molecule has 29 heavy (non-hydrogen) atoms. The van der Waals surface area contributed by atoms with Crippen molar-refractivity contribution in [1.29, 1.82) is 0 Å². The molecule has 3 rings (SSSR count). The number of aryl methyl sites for hydroxylation is 1. The quantitative estimate of drug-likeness (QED) is 0.628. The molecule has 0 saturated heterocycles. The van der Waals surface area contributed by atoms with Crippen molar-refractivity contribution in [3.05, 3.63) is 65.0 Å². The molecule has 10 heteroatoms. The molecule has 0 spiro atoms. The van der Waals surface area contributed by atoms with Crippen molar-refractivity contribution in [2.75, 3.05) is 13.7 Å². The van der Waals surface area contributed by atoms with Crippen LogP contribution in [-0.4, -0.2) is 38.6 Å². The zero-order valence-electron chi connectivity index (χ0n) is 15.6. The van der Waals surface area contributed by atoms with Crippen molar-refractivity contribution in [3.8, 4) is 11.7 Å².